The van der Waals surface area contributed by atoms with Crippen molar-refractivity contribution in [3.05, 3.63) is 33.9 Å². The summed E-state index contributed by atoms with van der Waals surface area (Å²) < 4.78 is 26.7. The van der Waals surface area contributed by atoms with E-state index in [9.17, 15) is 8.78 Å². The van der Waals surface area contributed by atoms with Gasteiger partial charge in [0.25, 0.3) is 0 Å². The maximum absolute atomic E-state index is 13.4. The highest BCUT2D eigenvalue weighted by Gasteiger charge is 2.14. The molecule has 0 saturated heterocycles. The van der Waals surface area contributed by atoms with Crippen molar-refractivity contribution < 1.29 is 13.6 Å². The van der Waals surface area contributed by atoms with Gasteiger partial charge in [0.05, 0.1) is 18.7 Å². The van der Waals surface area contributed by atoms with E-state index in [1.54, 1.807) is 0 Å². The molecule has 0 heterocycles. The molecule has 0 atom stereocenters. The summed E-state index contributed by atoms with van der Waals surface area (Å²) in [5, 5.41) is -0.0863. The number of benzene rings is 1. The van der Waals surface area contributed by atoms with Crippen LogP contribution in [0.2, 0.25) is 5.02 Å². The van der Waals surface area contributed by atoms with Crippen LogP contribution in [-0.2, 0) is 11.4 Å². The van der Waals surface area contributed by atoms with E-state index < -0.39 is 11.6 Å². The average molecular weight is 222 g/mol. The van der Waals surface area contributed by atoms with Gasteiger partial charge in [-0.2, -0.15) is 5.48 Å². The molecule has 0 radical (unpaired) electrons. The first-order chi connectivity index (χ1) is 6.57. The minimum atomic E-state index is -0.751. The molecule has 0 aliphatic carbocycles. The Labute approximate surface area is 85.8 Å². The van der Waals surface area contributed by atoms with E-state index in [2.05, 4.69) is 10.3 Å². The second kappa shape index (κ2) is 4.68. The van der Waals surface area contributed by atoms with Gasteiger partial charge in [-0.1, -0.05) is 11.6 Å². The lowest BCUT2D eigenvalue weighted by Crippen LogP contribution is -2.14. The predicted molar refractivity (Wildman–Crippen MR) is 50.0 cm³/mol. The van der Waals surface area contributed by atoms with Gasteiger partial charge in [-0.25, -0.2) is 8.78 Å². The van der Waals surface area contributed by atoms with Gasteiger partial charge in [-0.3, -0.25) is 0 Å². The Morgan fingerprint density at radius 1 is 1.43 bits per heavy atom. The molecular weight excluding hydrogens is 212 g/mol. The smallest absolute Gasteiger partial charge is 0.149 e. The average Bonchev–Trinajstić information content (AvgIpc) is 2.15. The van der Waals surface area contributed by atoms with Gasteiger partial charge in [0, 0.05) is 5.56 Å². The van der Waals surface area contributed by atoms with Crippen LogP contribution in [0.1, 0.15) is 11.1 Å². The predicted octanol–water partition coefficient (Wildman–Crippen LogP) is 2.58. The summed E-state index contributed by atoms with van der Waals surface area (Å²) in [6.45, 7) is 1.46. The summed E-state index contributed by atoms with van der Waals surface area (Å²) in [4.78, 5) is 4.51. The fraction of sp³-hybridized carbons (Fsp3) is 0.333. The van der Waals surface area contributed by atoms with Crippen LogP contribution in [-0.4, -0.2) is 7.11 Å². The Morgan fingerprint density at radius 2 is 2.07 bits per heavy atom. The molecule has 0 aliphatic rings. The fourth-order valence-electron chi connectivity index (χ4n) is 1.09. The highest BCUT2D eigenvalue weighted by Crippen LogP contribution is 2.24. The number of halogens is 3. The standard InChI is InChI=1S/C9H10ClF2NO/c1-5-3-7(10)9(12)6(8(5)11)4-13-14-2/h3,13H,4H2,1-2H3. The molecule has 78 valence electrons. The molecule has 0 bridgehead atoms. The largest absolute Gasteiger partial charge is 0.305 e. The lowest BCUT2D eigenvalue weighted by molar-refractivity contribution is 0.0850. The monoisotopic (exact) mass is 221 g/mol. The van der Waals surface area contributed by atoms with E-state index in [0.29, 0.717) is 5.56 Å². The molecule has 0 spiro atoms. The molecule has 0 unspecified atom stereocenters. The second-order valence-corrected chi connectivity index (χ2v) is 3.21. The third-order valence-electron chi connectivity index (χ3n) is 1.82. The summed E-state index contributed by atoms with van der Waals surface area (Å²) in [5.41, 5.74) is 2.56. The zero-order valence-electron chi connectivity index (χ0n) is 7.83. The Morgan fingerprint density at radius 3 is 2.64 bits per heavy atom. The van der Waals surface area contributed by atoms with Gasteiger partial charge in [0.2, 0.25) is 0 Å². The van der Waals surface area contributed by atoms with Crippen molar-refractivity contribution in [3.63, 3.8) is 0 Å². The van der Waals surface area contributed by atoms with Crippen LogP contribution in [0, 0.1) is 18.6 Å². The second-order valence-electron chi connectivity index (χ2n) is 2.81. The minimum absolute atomic E-state index is 0.0600. The van der Waals surface area contributed by atoms with Gasteiger partial charge in [0.1, 0.15) is 11.6 Å². The molecular formula is C9H10ClF2NO. The molecule has 1 aromatic carbocycles. The van der Waals surface area contributed by atoms with Crippen LogP contribution in [0.3, 0.4) is 0 Å². The number of aryl methyl sites for hydroxylation is 1. The highest BCUT2D eigenvalue weighted by molar-refractivity contribution is 6.30. The van der Waals surface area contributed by atoms with Crippen LogP contribution in [0.5, 0.6) is 0 Å². The Balaban J connectivity index is 3.11. The van der Waals surface area contributed by atoms with Crippen LogP contribution >= 0.6 is 11.6 Å². The quantitative estimate of drug-likeness (QED) is 0.626. The lowest BCUT2D eigenvalue weighted by Gasteiger charge is -2.08. The number of hydrogen-bond acceptors (Lipinski definition) is 2. The lowest BCUT2D eigenvalue weighted by atomic mass is 10.1. The maximum Gasteiger partial charge on any atom is 0.149 e. The van der Waals surface area contributed by atoms with Gasteiger partial charge >= 0.3 is 0 Å². The number of hydrogen-bond donors (Lipinski definition) is 1. The van der Waals surface area contributed by atoms with E-state index in [1.165, 1.54) is 20.1 Å². The first-order valence-electron chi connectivity index (χ1n) is 3.96. The molecule has 5 heteroatoms. The molecule has 14 heavy (non-hydrogen) atoms. The Hall–Kier alpha value is -0.710. The van der Waals surface area contributed by atoms with Crippen LogP contribution in [0.15, 0.2) is 6.07 Å². The van der Waals surface area contributed by atoms with E-state index in [1.807, 2.05) is 0 Å². The van der Waals surface area contributed by atoms with Gasteiger partial charge in [-0.05, 0) is 18.6 Å². The van der Waals surface area contributed by atoms with E-state index in [-0.39, 0.29) is 17.1 Å². The highest BCUT2D eigenvalue weighted by atomic mass is 35.5. The third-order valence-corrected chi connectivity index (χ3v) is 2.10. The topological polar surface area (TPSA) is 21.3 Å². The van der Waals surface area contributed by atoms with Crippen molar-refractivity contribution in [1.29, 1.82) is 0 Å². The van der Waals surface area contributed by atoms with Crippen LogP contribution in [0.4, 0.5) is 8.78 Å². The van der Waals surface area contributed by atoms with Gasteiger partial charge in [0.15, 0.2) is 0 Å². The zero-order chi connectivity index (χ0) is 10.7. The molecule has 1 rings (SSSR count). The molecule has 1 aromatic rings. The molecule has 0 saturated carbocycles. The molecule has 0 amide bonds. The third kappa shape index (κ3) is 2.20. The maximum atomic E-state index is 13.4. The molecule has 0 fully saturated rings. The van der Waals surface area contributed by atoms with Crippen molar-refractivity contribution in [3.8, 4) is 0 Å². The SMILES string of the molecule is CONCc1c(F)c(C)cc(Cl)c1F. The first-order valence-corrected chi connectivity index (χ1v) is 4.34. The van der Waals surface area contributed by atoms with Gasteiger partial charge < -0.3 is 4.84 Å². The molecule has 0 aromatic heterocycles. The minimum Gasteiger partial charge on any atom is -0.305 e. The Kier molecular flexibility index (Phi) is 3.80. The zero-order valence-corrected chi connectivity index (χ0v) is 8.58. The number of rotatable bonds is 3. The fourth-order valence-corrected chi connectivity index (χ4v) is 1.37. The summed E-state index contributed by atoms with van der Waals surface area (Å²) in [6, 6.07) is 1.25. The molecule has 1 N–H and O–H groups in total. The molecule has 2 nitrogen and oxygen atoms in total. The summed E-state index contributed by atoms with van der Waals surface area (Å²) >= 11 is 5.56. The normalized spacial score (nSPS) is 10.6. The van der Waals surface area contributed by atoms with Crippen molar-refractivity contribution in [1.82, 2.24) is 5.48 Å². The summed E-state index contributed by atoms with van der Waals surface area (Å²) in [7, 11) is 1.37. The van der Waals surface area contributed by atoms with E-state index in [4.69, 9.17) is 11.6 Å². The van der Waals surface area contributed by atoms with Crippen molar-refractivity contribution >= 4 is 11.6 Å². The van der Waals surface area contributed by atoms with Crippen molar-refractivity contribution in [2.24, 2.45) is 0 Å². The van der Waals surface area contributed by atoms with Crippen molar-refractivity contribution in [2.75, 3.05) is 7.11 Å². The van der Waals surface area contributed by atoms with Crippen LogP contribution in [0.25, 0.3) is 0 Å². The van der Waals surface area contributed by atoms with Crippen LogP contribution < -0.4 is 5.48 Å². The van der Waals surface area contributed by atoms with E-state index in [0.717, 1.165) is 0 Å². The summed E-state index contributed by atoms with van der Waals surface area (Å²) in [5.74, 6) is -1.35. The number of nitrogens with one attached hydrogen (secondary N) is 1. The van der Waals surface area contributed by atoms with Crippen molar-refractivity contribution in [2.45, 2.75) is 13.5 Å². The number of hydroxylamine groups is 1. The molecule has 0 aliphatic heterocycles. The first kappa shape index (κ1) is 11.4. The Bertz CT molecular complexity index is 318. The van der Waals surface area contributed by atoms with Gasteiger partial charge in [-0.15, -0.1) is 0 Å². The van der Waals surface area contributed by atoms with E-state index >= 15 is 0 Å². The summed E-state index contributed by atoms with van der Waals surface area (Å²) in [6.07, 6.45) is 0.